The summed E-state index contributed by atoms with van der Waals surface area (Å²) in [6, 6.07) is 1.52. The number of anilines is 1. The van der Waals surface area contributed by atoms with E-state index in [1.165, 1.54) is 0 Å². The van der Waals surface area contributed by atoms with Crippen molar-refractivity contribution >= 4 is 23.4 Å². The second kappa shape index (κ2) is 6.44. The lowest BCUT2D eigenvalue weighted by Gasteiger charge is -2.06. The van der Waals surface area contributed by atoms with Crippen LogP contribution in [0.3, 0.4) is 0 Å². The van der Waals surface area contributed by atoms with E-state index in [1.807, 2.05) is 6.92 Å². The molecule has 1 aromatic carbocycles. The quantitative estimate of drug-likeness (QED) is 0.502. The molecule has 0 aromatic heterocycles. The van der Waals surface area contributed by atoms with Gasteiger partial charge in [0, 0.05) is 11.8 Å². The van der Waals surface area contributed by atoms with Gasteiger partial charge in [0.05, 0.1) is 11.3 Å². The number of rotatable bonds is 5. The topological polar surface area (TPSA) is 52.3 Å². The van der Waals surface area contributed by atoms with Gasteiger partial charge in [0.1, 0.15) is 18.2 Å². The first-order valence-corrected chi connectivity index (χ1v) is 6.21. The number of esters is 1. The molecule has 0 aliphatic heterocycles. The van der Waals surface area contributed by atoms with Gasteiger partial charge in [0.15, 0.2) is 0 Å². The molecule has 0 heterocycles. The van der Waals surface area contributed by atoms with Gasteiger partial charge in [-0.15, -0.1) is 0 Å². The fraction of sp³-hybridized carbons (Fsp3) is 0.364. The standard InChI is InChI=1S/C11H13F2NO2S/c1-2-17-4-3-16-11(15)7-5-9(13)10(14)6-8(7)12/h5-6H,2-4,14H2,1H3. The van der Waals surface area contributed by atoms with Crippen LogP contribution in [0.4, 0.5) is 14.5 Å². The molecule has 0 spiro atoms. The summed E-state index contributed by atoms with van der Waals surface area (Å²) in [6.07, 6.45) is 0. The first kappa shape index (κ1) is 13.8. The number of thioether (sulfide) groups is 1. The molecule has 17 heavy (non-hydrogen) atoms. The molecule has 0 atom stereocenters. The van der Waals surface area contributed by atoms with E-state index in [9.17, 15) is 13.6 Å². The van der Waals surface area contributed by atoms with Crippen molar-refractivity contribution in [1.82, 2.24) is 0 Å². The minimum absolute atomic E-state index is 0.169. The molecule has 6 heteroatoms. The molecule has 0 fully saturated rings. The van der Waals surface area contributed by atoms with E-state index in [1.54, 1.807) is 11.8 Å². The SMILES string of the molecule is CCSCCOC(=O)c1cc(F)c(N)cc1F. The molecule has 0 unspecified atom stereocenters. The van der Waals surface area contributed by atoms with Gasteiger partial charge < -0.3 is 10.5 Å². The Labute approximate surface area is 102 Å². The highest BCUT2D eigenvalue weighted by Gasteiger charge is 2.16. The van der Waals surface area contributed by atoms with Crippen molar-refractivity contribution in [2.75, 3.05) is 23.8 Å². The molecule has 2 N–H and O–H groups in total. The smallest absolute Gasteiger partial charge is 0.341 e. The minimum atomic E-state index is -0.878. The van der Waals surface area contributed by atoms with E-state index >= 15 is 0 Å². The fourth-order valence-electron chi connectivity index (χ4n) is 1.13. The van der Waals surface area contributed by atoms with E-state index < -0.39 is 23.2 Å². The van der Waals surface area contributed by atoms with Gasteiger partial charge in [-0.25, -0.2) is 13.6 Å². The van der Waals surface area contributed by atoms with Crippen LogP contribution < -0.4 is 5.73 Å². The normalized spacial score (nSPS) is 10.3. The van der Waals surface area contributed by atoms with Gasteiger partial charge >= 0.3 is 5.97 Å². The molecular formula is C11H13F2NO2S. The van der Waals surface area contributed by atoms with Crippen molar-refractivity contribution in [3.8, 4) is 0 Å². The molecule has 0 saturated heterocycles. The van der Waals surface area contributed by atoms with Crippen LogP contribution in [0.25, 0.3) is 0 Å². The average molecular weight is 261 g/mol. The van der Waals surface area contributed by atoms with Gasteiger partial charge in [0.2, 0.25) is 0 Å². The highest BCUT2D eigenvalue weighted by atomic mass is 32.2. The summed E-state index contributed by atoms with van der Waals surface area (Å²) in [4.78, 5) is 11.4. The zero-order valence-electron chi connectivity index (χ0n) is 9.33. The van der Waals surface area contributed by atoms with Gasteiger partial charge in [-0.2, -0.15) is 11.8 Å². The Balaban J connectivity index is 2.66. The van der Waals surface area contributed by atoms with Crippen molar-refractivity contribution in [2.45, 2.75) is 6.92 Å². The lowest BCUT2D eigenvalue weighted by molar-refractivity contribution is 0.0524. The number of nitrogen functional groups attached to an aromatic ring is 1. The number of hydrogen-bond acceptors (Lipinski definition) is 4. The van der Waals surface area contributed by atoms with Crippen LogP contribution in [-0.2, 0) is 4.74 Å². The van der Waals surface area contributed by atoms with Gasteiger partial charge in [-0.05, 0) is 11.8 Å². The lowest BCUT2D eigenvalue weighted by atomic mass is 10.2. The highest BCUT2D eigenvalue weighted by Crippen LogP contribution is 2.17. The Kier molecular flexibility index (Phi) is 5.21. The molecule has 0 saturated carbocycles. The molecule has 3 nitrogen and oxygen atoms in total. The summed E-state index contributed by atoms with van der Waals surface area (Å²) in [7, 11) is 0. The number of carbonyl (C=O) groups excluding carboxylic acids is 1. The maximum atomic E-state index is 13.3. The number of benzene rings is 1. The summed E-state index contributed by atoms with van der Waals surface area (Å²) in [6.45, 7) is 2.14. The zero-order chi connectivity index (χ0) is 12.8. The van der Waals surface area contributed by atoms with Crippen LogP contribution in [0.1, 0.15) is 17.3 Å². The minimum Gasteiger partial charge on any atom is -0.461 e. The number of hydrogen-bond donors (Lipinski definition) is 1. The van der Waals surface area contributed by atoms with Crippen molar-refractivity contribution in [3.63, 3.8) is 0 Å². The monoisotopic (exact) mass is 261 g/mol. The lowest BCUT2D eigenvalue weighted by Crippen LogP contribution is -2.11. The van der Waals surface area contributed by atoms with E-state index in [2.05, 4.69) is 0 Å². The Bertz CT molecular complexity index is 413. The average Bonchev–Trinajstić information content (AvgIpc) is 2.29. The molecule has 0 radical (unpaired) electrons. The van der Waals surface area contributed by atoms with Crippen LogP contribution in [-0.4, -0.2) is 24.1 Å². The number of carbonyl (C=O) groups is 1. The summed E-state index contributed by atoms with van der Waals surface area (Å²) < 4.78 is 31.2. The third-order valence-electron chi connectivity index (χ3n) is 1.97. The predicted molar refractivity (Wildman–Crippen MR) is 64.1 cm³/mol. The van der Waals surface area contributed by atoms with Crippen LogP contribution >= 0.6 is 11.8 Å². The second-order valence-corrected chi connectivity index (χ2v) is 4.58. The summed E-state index contributed by atoms with van der Waals surface area (Å²) >= 11 is 1.59. The molecular weight excluding hydrogens is 248 g/mol. The highest BCUT2D eigenvalue weighted by molar-refractivity contribution is 7.99. The van der Waals surface area contributed by atoms with Crippen LogP contribution in [0.15, 0.2) is 12.1 Å². The van der Waals surface area contributed by atoms with Crippen molar-refractivity contribution in [3.05, 3.63) is 29.3 Å². The van der Waals surface area contributed by atoms with Gasteiger partial charge in [0.25, 0.3) is 0 Å². The maximum Gasteiger partial charge on any atom is 0.341 e. The largest absolute Gasteiger partial charge is 0.461 e. The summed E-state index contributed by atoms with van der Waals surface area (Å²) in [5, 5.41) is 0. The Morgan fingerprint density at radius 1 is 1.41 bits per heavy atom. The molecule has 94 valence electrons. The van der Waals surface area contributed by atoms with E-state index in [0.29, 0.717) is 5.75 Å². The maximum absolute atomic E-state index is 13.3. The van der Waals surface area contributed by atoms with E-state index in [-0.39, 0.29) is 12.3 Å². The second-order valence-electron chi connectivity index (χ2n) is 3.19. The van der Waals surface area contributed by atoms with Crippen molar-refractivity contribution in [2.24, 2.45) is 0 Å². The molecule has 1 aromatic rings. The number of nitrogens with two attached hydrogens (primary N) is 1. The molecule has 0 bridgehead atoms. The summed E-state index contributed by atoms with van der Waals surface area (Å²) in [5.74, 6) is -1.06. The third-order valence-corrected chi connectivity index (χ3v) is 2.83. The molecule has 0 aliphatic carbocycles. The van der Waals surface area contributed by atoms with Crippen molar-refractivity contribution < 1.29 is 18.3 Å². The van der Waals surface area contributed by atoms with Gasteiger partial charge in [-0.3, -0.25) is 0 Å². The molecule has 0 amide bonds. The number of halogens is 2. The number of ether oxygens (including phenoxy) is 1. The van der Waals surface area contributed by atoms with Crippen LogP contribution in [0, 0.1) is 11.6 Å². The Morgan fingerprint density at radius 3 is 2.76 bits per heavy atom. The Morgan fingerprint density at radius 2 is 2.12 bits per heavy atom. The Hall–Kier alpha value is -1.30. The zero-order valence-corrected chi connectivity index (χ0v) is 10.2. The predicted octanol–water partition coefficient (Wildman–Crippen LogP) is 2.46. The first-order chi connectivity index (χ1) is 8.06. The summed E-state index contributed by atoms with van der Waals surface area (Å²) in [5.41, 5.74) is 4.39. The molecule has 1 rings (SSSR count). The third kappa shape index (κ3) is 3.89. The van der Waals surface area contributed by atoms with E-state index in [0.717, 1.165) is 17.9 Å². The fourth-order valence-corrected chi connectivity index (χ4v) is 1.62. The van der Waals surface area contributed by atoms with Crippen molar-refractivity contribution in [1.29, 1.82) is 0 Å². The van der Waals surface area contributed by atoms with E-state index in [4.69, 9.17) is 10.5 Å². The van der Waals surface area contributed by atoms with Crippen LogP contribution in [0.5, 0.6) is 0 Å². The first-order valence-electron chi connectivity index (χ1n) is 5.05. The van der Waals surface area contributed by atoms with Gasteiger partial charge in [-0.1, -0.05) is 6.92 Å². The van der Waals surface area contributed by atoms with Crippen LogP contribution in [0.2, 0.25) is 0 Å². The molecule has 0 aliphatic rings.